The molecule has 0 spiro atoms. The lowest BCUT2D eigenvalue weighted by Gasteiger charge is -1.98. The number of nitrogens with zero attached hydrogens (tertiary/aromatic N) is 2. The Morgan fingerprint density at radius 1 is 1.43 bits per heavy atom. The van der Waals surface area contributed by atoms with Crippen molar-refractivity contribution in [2.24, 2.45) is 4.99 Å². The van der Waals surface area contributed by atoms with Crippen LogP contribution in [0.1, 0.15) is 5.56 Å². The molecule has 2 nitrogen and oxygen atoms in total. The van der Waals surface area contributed by atoms with Crippen LogP contribution in [-0.4, -0.2) is 16.5 Å². The third kappa shape index (κ3) is 3.26. The van der Waals surface area contributed by atoms with Crippen molar-refractivity contribution in [1.29, 1.82) is 0 Å². The Morgan fingerprint density at radius 3 is 2.64 bits per heavy atom. The molecular weight excluding hydrogens is 240 g/mol. The third-order valence-electron chi connectivity index (χ3n) is 1.61. The molecule has 1 rings (SSSR count). The second kappa shape index (κ2) is 5.50. The van der Waals surface area contributed by atoms with Crippen LogP contribution in [0.3, 0.4) is 0 Å². The van der Waals surface area contributed by atoms with Crippen molar-refractivity contribution < 1.29 is 0 Å². The summed E-state index contributed by atoms with van der Waals surface area (Å²) in [5.74, 6) is 0. The highest BCUT2D eigenvalue weighted by molar-refractivity contribution is 9.09. The van der Waals surface area contributed by atoms with E-state index < -0.39 is 0 Å². The molecule has 0 fully saturated rings. The predicted octanol–water partition coefficient (Wildman–Crippen LogP) is 3.07. The van der Waals surface area contributed by atoms with E-state index >= 15 is 0 Å². The molecule has 0 aromatic carbocycles. The zero-order chi connectivity index (χ0) is 10.4. The highest BCUT2D eigenvalue weighted by Gasteiger charge is 1.93. The second-order valence-electron chi connectivity index (χ2n) is 2.72. The molecule has 0 aliphatic carbocycles. The molecule has 1 heterocycles. The van der Waals surface area contributed by atoms with Crippen LogP contribution in [0.2, 0.25) is 0 Å². The number of hydrogen-bond donors (Lipinski definition) is 0. The number of aliphatic imine (C=N–C) groups is 1. The number of rotatable bonds is 4. The van der Waals surface area contributed by atoms with Gasteiger partial charge in [0, 0.05) is 29.6 Å². The minimum atomic E-state index is 0.674. The molecule has 0 radical (unpaired) electrons. The first kappa shape index (κ1) is 10.9. The molecule has 0 unspecified atom stereocenters. The quantitative estimate of drug-likeness (QED) is 0.596. The number of pyridine rings is 1. The maximum absolute atomic E-state index is 4.13. The molecule has 72 valence electrons. The van der Waals surface area contributed by atoms with Crippen LogP contribution in [0.4, 0.5) is 0 Å². The molecule has 0 aliphatic heterocycles. The molecule has 0 N–H and O–H groups in total. The molecule has 0 saturated heterocycles. The molecule has 0 aliphatic rings. The van der Waals surface area contributed by atoms with Gasteiger partial charge in [0.15, 0.2) is 0 Å². The van der Waals surface area contributed by atoms with Crippen LogP contribution >= 0.6 is 15.9 Å². The van der Waals surface area contributed by atoms with Crippen molar-refractivity contribution in [3.8, 4) is 0 Å². The Labute approximate surface area is 92.2 Å². The number of alkyl halides is 1. The minimum Gasteiger partial charge on any atom is -0.265 e. The lowest BCUT2D eigenvalue weighted by atomic mass is 10.1. The lowest BCUT2D eigenvalue weighted by Crippen LogP contribution is -1.85. The number of hydrogen-bond acceptors (Lipinski definition) is 2. The second-order valence-corrected chi connectivity index (χ2v) is 3.28. The largest absolute Gasteiger partial charge is 0.265 e. The van der Waals surface area contributed by atoms with E-state index in [9.17, 15) is 0 Å². The van der Waals surface area contributed by atoms with Gasteiger partial charge in [-0.15, -0.1) is 0 Å². The molecule has 0 atom stereocenters. The van der Waals surface area contributed by atoms with Crippen molar-refractivity contribution in [2.45, 2.75) is 0 Å². The Balaban J connectivity index is 2.69. The van der Waals surface area contributed by atoms with Crippen molar-refractivity contribution in [3.05, 3.63) is 48.9 Å². The van der Waals surface area contributed by atoms with E-state index in [1.54, 1.807) is 18.6 Å². The fourth-order valence-corrected chi connectivity index (χ4v) is 0.989. The van der Waals surface area contributed by atoms with Crippen LogP contribution in [0, 0.1) is 0 Å². The Kier molecular flexibility index (Phi) is 4.26. The van der Waals surface area contributed by atoms with E-state index in [-0.39, 0.29) is 0 Å². The van der Waals surface area contributed by atoms with E-state index in [1.807, 2.05) is 12.1 Å². The summed E-state index contributed by atoms with van der Waals surface area (Å²) in [5.41, 5.74) is 2.65. The van der Waals surface area contributed by atoms with Crippen LogP contribution in [0.5, 0.6) is 0 Å². The monoisotopic (exact) mass is 250 g/mol. The van der Waals surface area contributed by atoms with E-state index in [0.29, 0.717) is 5.33 Å². The zero-order valence-electron chi connectivity index (χ0n) is 7.78. The van der Waals surface area contributed by atoms with Gasteiger partial charge >= 0.3 is 0 Å². The van der Waals surface area contributed by atoms with Crippen molar-refractivity contribution in [1.82, 2.24) is 4.98 Å². The van der Waals surface area contributed by atoms with Crippen LogP contribution in [-0.2, 0) is 0 Å². The Hall–Kier alpha value is -1.22. The van der Waals surface area contributed by atoms with Crippen molar-refractivity contribution in [3.63, 3.8) is 0 Å². The number of aromatic nitrogens is 1. The first-order valence-electron chi connectivity index (χ1n) is 4.11. The van der Waals surface area contributed by atoms with Crippen molar-refractivity contribution >= 4 is 27.7 Å². The summed E-state index contributed by atoms with van der Waals surface area (Å²) < 4.78 is 0. The molecule has 0 bridgehead atoms. The van der Waals surface area contributed by atoms with E-state index in [1.165, 1.54) is 0 Å². The summed E-state index contributed by atoms with van der Waals surface area (Å²) in [5, 5.41) is 0.674. The zero-order valence-corrected chi connectivity index (χ0v) is 9.37. The molecule has 1 aromatic rings. The maximum Gasteiger partial charge on any atom is 0.0450 e. The summed E-state index contributed by atoms with van der Waals surface area (Å²) in [6, 6.07) is 3.79. The van der Waals surface area contributed by atoms with Gasteiger partial charge in [0.25, 0.3) is 0 Å². The first-order valence-corrected chi connectivity index (χ1v) is 5.23. The average Bonchev–Trinajstić information content (AvgIpc) is 2.26. The molecular formula is C11H11BrN2. The topological polar surface area (TPSA) is 25.2 Å². The smallest absolute Gasteiger partial charge is 0.0450 e. The summed E-state index contributed by atoms with van der Waals surface area (Å²) in [6.45, 7) is 7.64. The molecule has 3 heteroatoms. The maximum atomic E-state index is 4.13. The Morgan fingerprint density at radius 2 is 2.07 bits per heavy atom. The van der Waals surface area contributed by atoms with Crippen LogP contribution < -0.4 is 0 Å². The summed E-state index contributed by atoms with van der Waals surface area (Å²) in [7, 11) is 0. The summed E-state index contributed by atoms with van der Waals surface area (Å²) in [6.07, 6.45) is 5.17. The summed E-state index contributed by atoms with van der Waals surface area (Å²) >= 11 is 3.27. The molecule has 0 amide bonds. The molecule has 1 aromatic heterocycles. The van der Waals surface area contributed by atoms with Gasteiger partial charge in [-0.2, -0.15) is 0 Å². The third-order valence-corrected chi connectivity index (χ3v) is 2.26. The molecule has 0 saturated carbocycles. The number of halogens is 1. The minimum absolute atomic E-state index is 0.674. The first-order chi connectivity index (χ1) is 6.74. The van der Waals surface area contributed by atoms with E-state index in [2.05, 4.69) is 39.1 Å². The van der Waals surface area contributed by atoms with Gasteiger partial charge in [0.05, 0.1) is 0 Å². The fourth-order valence-electron chi connectivity index (χ4n) is 0.844. The van der Waals surface area contributed by atoms with Gasteiger partial charge in [0.2, 0.25) is 0 Å². The number of allylic oxidation sites excluding steroid dienone is 2. The van der Waals surface area contributed by atoms with Gasteiger partial charge in [-0.1, -0.05) is 29.1 Å². The highest BCUT2D eigenvalue weighted by atomic mass is 79.9. The predicted molar refractivity (Wildman–Crippen MR) is 64.7 cm³/mol. The summed E-state index contributed by atoms with van der Waals surface area (Å²) in [4.78, 5) is 8.06. The SMILES string of the molecule is C=C(CBr)N=CC(=C)c1ccncc1. The van der Waals surface area contributed by atoms with Crippen molar-refractivity contribution in [2.75, 3.05) is 5.33 Å². The van der Waals surface area contributed by atoms with E-state index in [0.717, 1.165) is 16.8 Å². The van der Waals surface area contributed by atoms with Gasteiger partial charge in [-0.3, -0.25) is 9.98 Å². The highest BCUT2D eigenvalue weighted by Crippen LogP contribution is 2.08. The van der Waals surface area contributed by atoms with Gasteiger partial charge in [-0.25, -0.2) is 0 Å². The van der Waals surface area contributed by atoms with Crippen LogP contribution in [0.15, 0.2) is 48.4 Å². The van der Waals surface area contributed by atoms with Gasteiger partial charge < -0.3 is 0 Å². The fraction of sp³-hybridized carbons (Fsp3) is 0.0909. The van der Waals surface area contributed by atoms with Gasteiger partial charge in [-0.05, 0) is 23.3 Å². The lowest BCUT2D eigenvalue weighted by molar-refractivity contribution is 1.32. The standard InChI is InChI=1S/C11H11BrN2/c1-9(8-14-10(2)7-12)11-3-5-13-6-4-11/h3-6,8H,1-2,7H2. The van der Waals surface area contributed by atoms with Gasteiger partial charge in [0.1, 0.15) is 0 Å². The Bertz CT molecular complexity index is 355. The van der Waals surface area contributed by atoms with E-state index in [4.69, 9.17) is 0 Å². The molecule has 14 heavy (non-hydrogen) atoms. The van der Waals surface area contributed by atoms with Crippen LogP contribution in [0.25, 0.3) is 5.57 Å². The average molecular weight is 251 g/mol. The normalized spacial score (nSPS) is 10.4.